The Labute approximate surface area is 80.4 Å². The van der Waals surface area contributed by atoms with E-state index in [9.17, 15) is 0 Å². The van der Waals surface area contributed by atoms with Crippen molar-refractivity contribution in [2.45, 2.75) is 16.7 Å². The van der Waals surface area contributed by atoms with Gasteiger partial charge in [-0.15, -0.1) is 0 Å². The summed E-state index contributed by atoms with van der Waals surface area (Å²) < 4.78 is 0. The second-order valence-electron chi connectivity index (χ2n) is 3.51. The highest BCUT2D eigenvalue weighted by molar-refractivity contribution is 9.09. The number of halogens is 1. The third kappa shape index (κ3) is 0.680. The van der Waals surface area contributed by atoms with Gasteiger partial charge >= 0.3 is 0 Å². The molecule has 0 heterocycles. The zero-order valence-electron chi connectivity index (χ0n) is 6.57. The molecule has 0 aliphatic heterocycles. The number of rotatable bonds is 0. The number of allylic oxidation sites excluding steroid dienone is 2. The monoisotopic (exact) mass is 220 g/mol. The number of benzene rings is 1. The van der Waals surface area contributed by atoms with Gasteiger partial charge in [-0.25, -0.2) is 0 Å². The van der Waals surface area contributed by atoms with E-state index in [0.29, 0.717) is 16.7 Å². The Bertz CT molecular complexity index is 321. The van der Waals surface area contributed by atoms with Crippen molar-refractivity contribution in [1.82, 2.24) is 0 Å². The molecule has 0 unspecified atom stereocenters. The van der Waals surface area contributed by atoms with Crippen molar-refractivity contribution in [3.63, 3.8) is 0 Å². The smallest absolute Gasteiger partial charge is 0.0352 e. The van der Waals surface area contributed by atoms with Gasteiger partial charge in [-0.2, -0.15) is 0 Å². The molecule has 0 amide bonds. The molecule has 1 aromatic carbocycles. The summed E-state index contributed by atoms with van der Waals surface area (Å²) in [5.74, 6) is 1.26. The van der Waals surface area contributed by atoms with Crippen molar-refractivity contribution in [2.24, 2.45) is 0 Å². The lowest BCUT2D eigenvalue weighted by atomic mass is 9.97. The first kappa shape index (κ1) is 6.90. The molecule has 1 heteroatoms. The van der Waals surface area contributed by atoms with Crippen LogP contribution in [0, 0.1) is 0 Å². The molecule has 0 nitrogen and oxygen atoms in total. The van der Waals surface area contributed by atoms with Crippen LogP contribution in [0.4, 0.5) is 0 Å². The largest absolute Gasteiger partial charge is 0.0871 e. The summed E-state index contributed by atoms with van der Waals surface area (Å²) in [7, 11) is 0. The van der Waals surface area contributed by atoms with Crippen molar-refractivity contribution in [1.29, 1.82) is 0 Å². The van der Waals surface area contributed by atoms with Gasteiger partial charge < -0.3 is 0 Å². The Morgan fingerprint density at radius 2 is 1.42 bits per heavy atom. The maximum Gasteiger partial charge on any atom is 0.0352 e. The first-order chi connectivity index (χ1) is 5.88. The van der Waals surface area contributed by atoms with Gasteiger partial charge in [0.05, 0.1) is 0 Å². The van der Waals surface area contributed by atoms with Crippen LogP contribution in [0.3, 0.4) is 0 Å². The van der Waals surface area contributed by atoms with Crippen LogP contribution >= 0.6 is 15.9 Å². The van der Waals surface area contributed by atoms with E-state index in [1.807, 2.05) is 0 Å². The van der Waals surface area contributed by atoms with Crippen LogP contribution < -0.4 is 0 Å². The normalized spacial score (nSPS) is 35.6. The van der Waals surface area contributed by atoms with Crippen molar-refractivity contribution in [3.05, 3.63) is 47.5 Å². The van der Waals surface area contributed by atoms with Gasteiger partial charge in [0.2, 0.25) is 0 Å². The van der Waals surface area contributed by atoms with Crippen molar-refractivity contribution >= 4 is 15.9 Å². The Morgan fingerprint density at radius 1 is 0.917 bits per heavy atom. The van der Waals surface area contributed by atoms with Crippen molar-refractivity contribution in [2.75, 3.05) is 0 Å². The van der Waals surface area contributed by atoms with Gasteiger partial charge in [0.25, 0.3) is 0 Å². The summed E-state index contributed by atoms with van der Waals surface area (Å²) in [6, 6.07) is 8.76. The minimum absolute atomic E-state index is 0.620. The fraction of sp³-hybridized carbons (Fsp3) is 0.273. The number of hydrogen-bond acceptors (Lipinski definition) is 0. The van der Waals surface area contributed by atoms with Crippen molar-refractivity contribution < 1.29 is 0 Å². The molecule has 3 rings (SSSR count). The van der Waals surface area contributed by atoms with Crippen LogP contribution in [-0.2, 0) is 0 Å². The number of fused-ring (bicyclic) bond motifs is 5. The Kier molecular flexibility index (Phi) is 1.28. The maximum atomic E-state index is 3.75. The number of alkyl halides is 1. The molecular formula is C11H9Br. The molecule has 0 fully saturated rings. The lowest BCUT2D eigenvalue weighted by Crippen LogP contribution is -2.00. The van der Waals surface area contributed by atoms with E-state index in [0.717, 1.165) is 0 Å². The minimum atomic E-state index is 0.620. The highest BCUT2D eigenvalue weighted by atomic mass is 79.9. The summed E-state index contributed by atoms with van der Waals surface area (Å²) in [5, 5.41) is 0. The second-order valence-corrected chi connectivity index (χ2v) is 4.57. The molecule has 2 atom stereocenters. The third-order valence-electron chi connectivity index (χ3n) is 2.93. The first-order valence-electron chi connectivity index (χ1n) is 4.29. The molecule has 0 N–H and O–H groups in total. The van der Waals surface area contributed by atoms with Crippen LogP contribution in [-0.4, -0.2) is 4.83 Å². The van der Waals surface area contributed by atoms with E-state index in [-0.39, 0.29) is 0 Å². The van der Waals surface area contributed by atoms with Crippen molar-refractivity contribution in [3.8, 4) is 0 Å². The average Bonchev–Trinajstić information content (AvgIpc) is 2.61. The fourth-order valence-corrected chi connectivity index (χ4v) is 3.27. The summed E-state index contributed by atoms with van der Waals surface area (Å²) in [5.41, 5.74) is 3.04. The highest BCUT2D eigenvalue weighted by Gasteiger charge is 2.39. The van der Waals surface area contributed by atoms with E-state index in [1.54, 1.807) is 0 Å². The van der Waals surface area contributed by atoms with Gasteiger partial charge in [0.15, 0.2) is 0 Å². The predicted molar refractivity (Wildman–Crippen MR) is 53.8 cm³/mol. The first-order valence-corrected chi connectivity index (χ1v) is 5.21. The molecule has 12 heavy (non-hydrogen) atoms. The zero-order chi connectivity index (χ0) is 8.13. The van der Waals surface area contributed by atoms with E-state index < -0.39 is 0 Å². The highest BCUT2D eigenvalue weighted by Crippen LogP contribution is 2.51. The van der Waals surface area contributed by atoms with Crippen LogP contribution in [0.5, 0.6) is 0 Å². The fourth-order valence-electron chi connectivity index (χ4n) is 2.34. The van der Waals surface area contributed by atoms with Gasteiger partial charge in [0, 0.05) is 16.7 Å². The van der Waals surface area contributed by atoms with Crippen LogP contribution in [0.25, 0.3) is 0 Å². The quantitative estimate of drug-likeness (QED) is 0.466. The second kappa shape index (κ2) is 2.23. The van der Waals surface area contributed by atoms with Crippen LogP contribution in [0.1, 0.15) is 23.0 Å². The summed E-state index contributed by atoms with van der Waals surface area (Å²) in [6.07, 6.45) is 4.65. The molecular weight excluding hydrogens is 212 g/mol. The van der Waals surface area contributed by atoms with E-state index in [4.69, 9.17) is 0 Å². The lowest BCUT2D eigenvalue weighted by molar-refractivity contribution is 0.842. The van der Waals surface area contributed by atoms with E-state index in [1.165, 1.54) is 11.1 Å². The summed E-state index contributed by atoms with van der Waals surface area (Å²) in [4.78, 5) is 0.620. The van der Waals surface area contributed by atoms with Gasteiger partial charge in [-0.3, -0.25) is 0 Å². The number of hydrogen-bond donors (Lipinski definition) is 0. The SMILES string of the molecule is BrC1[C@@H]2C=C[C@@H]1c1ccccc12. The molecule has 0 aromatic heterocycles. The molecule has 2 bridgehead atoms. The lowest BCUT2D eigenvalue weighted by Gasteiger charge is -2.07. The molecule has 0 radical (unpaired) electrons. The molecule has 0 saturated heterocycles. The topological polar surface area (TPSA) is 0 Å². The average molecular weight is 221 g/mol. The molecule has 2 aliphatic rings. The minimum Gasteiger partial charge on any atom is -0.0871 e. The van der Waals surface area contributed by atoms with Gasteiger partial charge in [-0.1, -0.05) is 52.3 Å². The third-order valence-corrected chi connectivity index (χ3v) is 4.07. The molecule has 0 spiro atoms. The maximum absolute atomic E-state index is 3.75. The standard InChI is InChI=1S/C11H9Br/c12-11-9-5-6-10(11)8-4-2-1-3-7(8)9/h1-6,9-11H/t9-,10-/m1/s1. The molecule has 2 aliphatic carbocycles. The molecule has 0 saturated carbocycles. The van der Waals surface area contributed by atoms with E-state index in [2.05, 4.69) is 52.3 Å². The van der Waals surface area contributed by atoms with E-state index >= 15 is 0 Å². The summed E-state index contributed by atoms with van der Waals surface area (Å²) in [6.45, 7) is 0. The Balaban J connectivity index is 2.25. The summed E-state index contributed by atoms with van der Waals surface area (Å²) >= 11 is 3.75. The Morgan fingerprint density at radius 3 is 1.92 bits per heavy atom. The van der Waals surface area contributed by atoms with Crippen LogP contribution in [0.2, 0.25) is 0 Å². The Hall–Kier alpha value is -0.560. The van der Waals surface area contributed by atoms with Crippen LogP contribution in [0.15, 0.2) is 36.4 Å². The predicted octanol–water partition coefficient (Wildman–Crippen LogP) is 3.20. The zero-order valence-corrected chi connectivity index (χ0v) is 8.16. The van der Waals surface area contributed by atoms with Gasteiger partial charge in [0.1, 0.15) is 0 Å². The molecule has 1 aromatic rings. The molecule has 60 valence electrons. The van der Waals surface area contributed by atoms with Gasteiger partial charge in [-0.05, 0) is 11.1 Å².